The molecule has 1 unspecified atom stereocenters. The van der Waals surface area contributed by atoms with Gasteiger partial charge in [-0.1, -0.05) is 20.8 Å². The number of likely N-dealkylation sites (tertiary alicyclic amines) is 1. The second kappa shape index (κ2) is 8.93. The summed E-state index contributed by atoms with van der Waals surface area (Å²) in [5, 5.41) is 3.71. The van der Waals surface area contributed by atoms with E-state index in [9.17, 15) is 0 Å². The van der Waals surface area contributed by atoms with Crippen LogP contribution in [0.1, 0.15) is 40.0 Å². The Kier molecular flexibility index (Phi) is 7.96. The van der Waals surface area contributed by atoms with Crippen molar-refractivity contribution in [3.63, 3.8) is 0 Å². The molecule has 3 nitrogen and oxygen atoms in total. The molecule has 1 aliphatic rings. The quantitative estimate of drug-likeness (QED) is 0.729. The van der Waals surface area contributed by atoms with Crippen molar-refractivity contribution in [2.75, 3.05) is 46.8 Å². The van der Waals surface area contributed by atoms with Gasteiger partial charge in [0.2, 0.25) is 0 Å². The van der Waals surface area contributed by atoms with Gasteiger partial charge in [0.15, 0.2) is 0 Å². The molecule has 0 amide bonds. The first-order valence-corrected chi connectivity index (χ1v) is 8.13. The predicted molar refractivity (Wildman–Crippen MR) is 84.6 cm³/mol. The lowest BCUT2D eigenvalue weighted by Gasteiger charge is -2.36. The summed E-state index contributed by atoms with van der Waals surface area (Å²) in [7, 11) is 4.38. The molecule has 0 bridgehead atoms. The first kappa shape index (κ1) is 16.9. The van der Waals surface area contributed by atoms with Crippen LogP contribution in [0, 0.1) is 11.8 Å². The zero-order chi connectivity index (χ0) is 14.3. The topological polar surface area (TPSA) is 18.5 Å². The third kappa shape index (κ3) is 6.73. The van der Waals surface area contributed by atoms with Gasteiger partial charge >= 0.3 is 0 Å². The van der Waals surface area contributed by atoms with Crippen LogP contribution in [-0.4, -0.2) is 62.7 Å². The van der Waals surface area contributed by atoms with Crippen molar-refractivity contribution in [2.24, 2.45) is 11.8 Å². The highest BCUT2D eigenvalue weighted by Crippen LogP contribution is 2.18. The molecule has 3 heteroatoms. The normalized spacial score (nSPS) is 20.4. The molecule has 1 heterocycles. The molecule has 0 aromatic heterocycles. The molecule has 1 aliphatic heterocycles. The average Bonchev–Trinajstić information content (AvgIpc) is 2.35. The van der Waals surface area contributed by atoms with Gasteiger partial charge in [0, 0.05) is 19.1 Å². The summed E-state index contributed by atoms with van der Waals surface area (Å²) in [5.41, 5.74) is 0. The average molecular weight is 269 g/mol. The van der Waals surface area contributed by atoms with Crippen LogP contribution in [0.5, 0.6) is 0 Å². The molecule has 1 atom stereocenters. The largest absolute Gasteiger partial charge is 0.312 e. The van der Waals surface area contributed by atoms with Crippen molar-refractivity contribution < 1.29 is 0 Å². The van der Waals surface area contributed by atoms with Crippen molar-refractivity contribution in [2.45, 2.75) is 46.1 Å². The van der Waals surface area contributed by atoms with Gasteiger partial charge in [-0.15, -0.1) is 0 Å². The highest BCUT2D eigenvalue weighted by Gasteiger charge is 2.22. The van der Waals surface area contributed by atoms with E-state index in [2.05, 4.69) is 50.0 Å². The van der Waals surface area contributed by atoms with Gasteiger partial charge in [-0.25, -0.2) is 0 Å². The summed E-state index contributed by atoms with van der Waals surface area (Å²) in [6, 6.07) is 0.658. The fourth-order valence-electron chi connectivity index (χ4n) is 2.99. The molecular formula is C16H35N3. The smallest absolute Gasteiger partial charge is 0.0217 e. The zero-order valence-corrected chi connectivity index (χ0v) is 13.8. The number of hydrogen-bond donors (Lipinski definition) is 1. The highest BCUT2D eigenvalue weighted by atomic mass is 15.2. The van der Waals surface area contributed by atoms with Gasteiger partial charge in [-0.05, 0) is 64.8 Å². The maximum Gasteiger partial charge on any atom is 0.0217 e. The standard InChI is InChI=1S/C16H35N3/c1-6-9-17-16(14(2)3)13-19-10-7-15(8-11-19)12-18(4)5/h14-17H,6-13H2,1-5H3. The first-order chi connectivity index (χ1) is 9.02. The van der Waals surface area contributed by atoms with Crippen LogP contribution >= 0.6 is 0 Å². The molecule has 0 aliphatic carbocycles. The minimum Gasteiger partial charge on any atom is -0.312 e. The molecular weight excluding hydrogens is 234 g/mol. The van der Waals surface area contributed by atoms with Crippen molar-refractivity contribution in [1.29, 1.82) is 0 Å². The van der Waals surface area contributed by atoms with Crippen molar-refractivity contribution >= 4 is 0 Å². The number of nitrogens with one attached hydrogen (secondary N) is 1. The lowest BCUT2D eigenvalue weighted by atomic mass is 9.95. The Hall–Kier alpha value is -0.120. The second-order valence-electron chi connectivity index (χ2n) is 6.81. The van der Waals surface area contributed by atoms with Crippen molar-refractivity contribution in [3.8, 4) is 0 Å². The van der Waals surface area contributed by atoms with Crippen molar-refractivity contribution in [1.82, 2.24) is 15.1 Å². The maximum absolute atomic E-state index is 3.71. The molecule has 19 heavy (non-hydrogen) atoms. The lowest BCUT2D eigenvalue weighted by molar-refractivity contribution is 0.141. The molecule has 0 radical (unpaired) electrons. The van der Waals surface area contributed by atoms with Gasteiger partial charge in [-0.2, -0.15) is 0 Å². The first-order valence-electron chi connectivity index (χ1n) is 8.13. The summed E-state index contributed by atoms with van der Waals surface area (Å²) in [6.07, 6.45) is 3.97. The Morgan fingerprint density at radius 2 is 1.84 bits per heavy atom. The highest BCUT2D eigenvalue weighted by molar-refractivity contribution is 4.79. The van der Waals surface area contributed by atoms with E-state index in [4.69, 9.17) is 0 Å². The number of rotatable bonds is 8. The van der Waals surface area contributed by atoms with Gasteiger partial charge in [0.25, 0.3) is 0 Å². The van der Waals surface area contributed by atoms with Gasteiger partial charge in [0.1, 0.15) is 0 Å². The third-order valence-electron chi connectivity index (χ3n) is 4.25. The zero-order valence-electron chi connectivity index (χ0n) is 13.8. The van der Waals surface area contributed by atoms with Crippen LogP contribution in [0.4, 0.5) is 0 Å². The molecule has 1 fully saturated rings. The van der Waals surface area contributed by atoms with Gasteiger partial charge in [-0.3, -0.25) is 0 Å². The van der Waals surface area contributed by atoms with Crippen LogP contribution in [0.15, 0.2) is 0 Å². The fourth-order valence-corrected chi connectivity index (χ4v) is 2.99. The van der Waals surface area contributed by atoms with E-state index in [1.165, 1.54) is 45.4 Å². The van der Waals surface area contributed by atoms with E-state index in [0.717, 1.165) is 18.4 Å². The molecule has 0 saturated carbocycles. The predicted octanol–water partition coefficient (Wildman–Crippen LogP) is 2.28. The summed E-state index contributed by atoms with van der Waals surface area (Å²) in [6.45, 7) is 13.1. The van der Waals surface area contributed by atoms with E-state index in [-0.39, 0.29) is 0 Å². The Balaban J connectivity index is 2.29. The lowest BCUT2D eigenvalue weighted by Crippen LogP contribution is -2.47. The van der Waals surface area contributed by atoms with E-state index in [1.807, 2.05) is 0 Å². The van der Waals surface area contributed by atoms with Crippen LogP contribution in [0.2, 0.25) is 0 Å². The molecule has 1 N–H and O–H groups in total. The Bertz CT molecular complexity index is 220. The monoisotopic (exact) mass is 269 g/mol. The van der Waals surface area contributed by atoms with Crippen LogP contribution in [-0.2, 0) is 0 Å². The Labute approximate surface area is 120 Å². The van der Waals surface area contributed by atoms with E-state index < -0.39 is 0 Å². The number of hydrogen-bond acceptors (Lipinski definition) is 3. The molecule has 1 saturated heterocycles. The van der Waals surface area contributed by atoms with Crippen LogP contribution < -0.4 is 5.32 Å². The van der Waals surface area contributed by atoms with Crippen molar-refractivity contribution in [3.05, 3.63) is 0 Å². The fraction of sp³-hybridized carbons (Fsp3) is 1.00. The summed E-state index contributed by atoms with van der Waals surface area (Å²) >= 11 is 0. The minimum absolute atomic E-state index is 0.658. The molecule has 0 aromatic rings. The van der Waals surface area contributed by atoms with Gasteiger partial charge in [0.05, 0.1) is 0 Å². The van der Waals surface area contributed by atoms with Crippen LogP contribution in [0.3, 0.4) is 0 Å². The summed E-state index contributed by atoms with van der Waals surface area (Å²) in [4.78, 5) is 5.00. The number of piperidine rings is 1. The Morgan fingerprint density at radius 1 is 1.21 bits per heavy atom. The number of nitrogens with zero attached hydrogens (tertiary/aromatic N) is 2. The third-order valence-corrected chi connectivity index (χ3v) is 4.25. The van der Waals surface area contributed by atoms with E-state index >= 15 is 0 Å². The molecule has 1 rings (SSSR count). The second-order valence-corrected chi connectivity index (χ2v) is 6.81. The SMILES string of the molecule is CCCNC(CN1CCC(CN(C)C)CC1)C(C)C. The van der Waals surface area contributed by atoms with E-state index in [0.29, 0.717) is 6.04 Å². The summed E-state index contributed by atoms with van der Waals surface area (Å²) in [5.74, 6) is 1.64. The maximum atomic E-state index is 3.71. The van der Waals surface area contributed by atoms with Crippen LogP contribution in [0.25, 0.3) is 0 Å². The Morgan fingerprint density at radius 3 is 2.32 bits per heavy atom. The molecule has 114 valence electrons. The molecule has 0 spiro atoms. The summed E-state index contributed by atoms with van der Waals surface area (Å²) < 4.78 is 0. The van der Waals surface area contributed by atoms with E-state index in [1.54, 1.807) is 0 Å². The van der Waals surface area contributed by atoms with Gasteiger partial charge < -0.3 is 15.1 Å². The molecule has 0 aromatic carbocycles. The minimum atomic E-state index is 0.658.